The van der Waals surface area contributed by atoms with Crippen molar-refractivity contribution in [3.8, 4) is 23.1 Å². The fourth-order valence-electron chi connectivity index (χ4n) is 3.58. The van der Waals surface area contributed by atoms with E-state index >= 15 is 0 Å². The summed E-state index contributed by atoms with van der Waals surface area (Å²) in [5.74, 6) is 0.869. The third kappa shape index (κ3) is 4.44. The van der Waals surface area contributed by atoms with E-state index in [2.05, 4.69) is 22.3 Å². The zero-order valence-electron chi connectivity index (χ0n) is 17.6. The molecule has 1 N–H and O–H groups in total. The van der Waals surface area contributed by atoms with Gasteiger partial charge in [0.1, 0.15) is 11.8 Å². The number of nitrogens with one attached hydrogen (secondary N) is 1. The highest BCUT2D eigenvalue weighted by Gasteiger charge is 2.19. The molecule has 0 saturated heterocycles. The first kappa shape index (κ1) is 21.7. The molecule has 0 aliphatic heterocycles. The molecule has 1 heterocycles. The number of ether oxygens (including phenoxy) is 1. The Balaban J connectivity index is 2.05. The molecule has 0 spiro atoms. The van der Waals surface area contributed by atoms with Gasteiger partial charge in [-0.2, -0.15) is 5.26 Å². The number of hydrogen-bond donors (Lipinski definition) is 1. The van der Waals surface area contributed by atoms with Gasteiger partial charge in [0.25, 0.3) is 0 Å². The predicted octanol–water partition coefficient (Wildman–Crippen LogP) is 5.14. The van der Waals surface area contributed by atoms with E-state index in [1.165, 1.54) is 0 Å². The average molecular weight is 426 g/mol. The number of hydrogen-bond acceptors (Lipinski definition) is 4. The first-order valence-corrected chi connectivity index (χ1v) is 11.9. The van der Waals surface area contributed by atoms with E-state index in [4.69, 9.17) is 4.74 Å². The van der Waals surface area contributed by atoms with Crippen molar-refractivity contribution in [2.24, 2.45) is 0 Å². The van der Waals surface area contributed by atoms with Crippen molar-refractivity contribution in [2.75, 3.05) is 17.1 Å². The standard InChI is InChI=1S/C23H27N3O3S/c1-4-13-29-19-11-12-20-21(16-24)23(26(6-3)22(20)15-19)17-7-9-18(10-8-17)25-30(27,28)14-5-2/h7-12,15,25H,4-6,13-14H2,1-3H3. The maximum Gasteiger partial charge on any atom is 0.232 e. The summed E-state index contributed by atoms with van der Waals surface area (Å²) in [7, 11) is -3.34. The van der Waals surface area contributed by atoms with Gasteiger partial charge in [-0.3, -0.25) is 4.72 Å². The molecule has 0 aliphatic carbocycles. The fraction of sp³-hybridized carbons (Fsp3) is 0.348. The van der Waals surface area contributed by atoms with Crippen LogP contribution in [-0.2, 0) is 16.6 Å². The molecule has 0 amide bonds. The molecule has 2 aromatic carbocycles. The minimum Gasteiger partial charge on any atom is -0.494 e. The Morgan fingerprint density at radius 3 is 2.40 bits per heavy atom. The third-order valence-electron chi connectivity index (χ3n) is 4.84. The van der Waals surface area contributed by atoms with E-state index in [0.717, 1.165) is 34.3 Å². The molecule has 0 unspecified atom stereocenters. The highest BCUT2D eigenvalue weighted by Crippen LogP contribution is 2.35. The van der Waals surface area contributed by atoms with Crippen LogP contribution in [0.15, 0.2) is 42.5 Å². The summed E-state index contributed by atoms with van der Waals surface area (Å²) in [6, 6.07) is 15.3. The second kappa shape index (κ2) is 9.23. The zero-order chi connectivity index (χ0) is 21.7. The van der Waals surface area contributed by atoms with Gasteiger partial charge in [0.15, 0.2) is 0 Å². The molecule has 6 nitrogen and oxygen atoms in total. The van der Waals surface area contributed by atoms with Crippen LogP contribution in [0.4, 0.5) is 5.69 Å². The Labute approximate surface area is 178 Å². The minimum absolute atomic E-state index is 0.0832. The number of rotatable bonds is 9. The molecule has 0 saturated carbocycles. The van der Waals surface area contributed by atoms with E-state index < -0.39 is 10.0 Å². The van der Waals surface area contributed by atoms with Gasteiger partial charge in [0.2, 0.25) is 10.0 Å². The van der Waals surface area contributed by atoms with Crippen LogP contribution in [0.1, 0.15) is 39.2 Å². The molecule has 0 atom stereocenters. The van der Waals surface area contributed by atoms with Gasteiger partial charge in [0, 0.05) is 23.7 Å². The lowest BCUT2D eigenvalue weighted by Crippen LogP contribution is -2.15. The highest BCUT2D eigenvalue weighted by molar-refractivity contribution is 7.92. The van der Waals surface area contributed by atoms with Gasteiger partial charge < -0.3 is 9.30 Å². The molecule has 1 aromatic heterocycles. The molecule has 3 aromatic rings. The Morgan fingerprint density at radius 1 is 1.07 bits per heavy atom. The predicted molar refractivity (Wildman–Crippen MR) is 121 cm³/mol. The fourth-order valence-corrected chi connectivity index (χ4v) is 4.71. The lowest BCUT2D eigenvalue weighted by molar-refractivity contribution is 0.318. The van der Waals surface area contributed by atoms with Gasteiger partial charge in [-0.05, 0) is 49.6 Å². The van der Waals surface area contributed by atoms with Gasteiger partial charge in [0.05, 0.1) is 29.1 Å². The summed E-state index contributed by atoms with van der Waals surface area (Å²) < 4.78 is 34.5. The van der Waals surface area contributed by atoms with Crippen LogP contribution < -0.4 is 9.46 Å². The largest absolute Gasteiger partial charge is 0.494 e. The molecule has 30 heavy (non-hydrogen) atoms. The van der Waals surface area contributed by atoms with Crippen molar-refractivity contribution < 1.29 is 13.2 Å². The van der Waals surface area contributed by atoms with E-state index in [9.17, 15) is 13.7 Å². The first-order valence-electron chi connectivity index (χ1n) is 10.2. The van der Waals surface area contributed by atoms with Crippen LogP contribution >= 0.6 is 0 Å². The molecule has 0 radical (unpaired) electrons. The van der Waals surface area contributed by atoms with Gasteiger partial charge in [-0.25, -0.2) is 8.42 Å². The van der Waals surface area contributed by atoms with Gasteiger partial charge >= 0.3 is 0 Å². The van der Waals surface area contributed by atoms with Gasteiger partial charge in [-0.1, -0.05) is 26.0 Å². The molecular weight excluding hydrogens is 398 g/mol. The minimum atomic E-state index is -3.34. The van der Waals surface area contributed by atoms with Crippen LogP contribution in [-0.4, -0.2) is 25.3 Å². The summed E-state index contributed by atoms with van der Waals surface area (Å²) in [4.78, 5) is 0. The molecular formula is C23H27N3O3S. The topological polar surface area (TPSA) is 84.1 Å². The quantitative estimate of drug-likeness (QED) is 0.514. The average Bonchev–Trinajstić information content (AvgIpc) is 3.05. The number of aromatic nitrogens is 1. The van der Waals surface area contributed by atoms with Gasteiger partial charge in [-0.15, -0.1) is 0 Å². The first-order chi connectivity index (χ1) is 14.4. The van der Waals surface area contributed by atoms with E-state index in [1.807, 2.05) is 44.2 Å². The molecule has 0 fully saturated rings. The smallest absolute Gasteiger partial charge is 0.232 e. The lowest BCUT2D eigenvalue weighted by Gasteiger charge is -2.11. The Kier molecular flexibility index (Phi) is 6.68. The number of aryl methyl sites for hydroxylation is 1. The monoisotopic (exact) mass is 425 g/mol. The van der Waals surface area contributed by atoms with Crippen molar-refractivity contribution in [1.82, 2.24) is 4.57 Å². The molecule has 0 bridgehead atoms. The van der Waals surface area contributed by atoms with E-state index in [-0.39, 0.29) is 5.75 Å². The van der Waals surface area contributed by atoms with Crippen LogP contribution in [0.25, 0.3) is 22.2 Å². The zero-order valence-corrected chi connectivity index (χ0v) is 18.4. The van der Waals surface area contributed by atoms with Crippen molar-refractivity contribution in [3.05, 3.63) is 48.0 Å². The summed E-state index contributed by atoms with van der Waals surface area (Å²) in [6.07, 6.45) is 1.48. The van der Waals surface area contributed by atoms with Crippen LogP contribution in [0, 0.1) is 11.3 Å². The second-order valence-corrected chi connectivity index (χ2v) is 8.95. The number of benzene rings is 2. The number of nitriles is 1. The number of fused-ring (bicyclic) bond motifs is 1. The van der Waals surface area contributed by atoms with Crippen LogP contribution in [0.5, 0.6) is 5.75 Å². The van der Waals surface area contributed by atoms with Crippen molar-refractivity contribution >= 4 is 26.6 Å². The third-order valence-corrected chi connectivity index (χ3v) is 6.33. The van der Waals surface area contributed by atoms with Crippen molar-refractivity contribution in [1.29, 1.82) is 5.26 Å². The number of anilines is 1. The Bertz CT molecular complexity index is 1170. The Morgan fingerprint density at radius 2 is 1.80 bits per heavy atom. The summed E-state index contributed by atoms with van der Waals surface area (Å²) in [5.41, 5.74) is 3.75. The SMILES string of the molecule is CCCOc1ccc2c(C#N)c(-c3ccc(NS(=O)(=O)CCC)cc3)n(CC)c2c1. The van der Waals surface area contributed by atoms with Crippen molar-refractivity contribution in [3.63, 3.8) is 0 Å². The van der Waals surface area contributed by atoms with Crippen LogP contribution in [0.2, 0.25) is 0 Å². The molecule has 0 aliphatic rings. The Hall–Kier alpha value is -2.98. The van der Waals surface area contributed by atoms with E-state index in [1.54, 1.807) is 12.1 Å². The molecule has 3 rings (SSSR count). The molecule has 7 heteroatoms. The highest BCUT2D eigenvalue weighted by atomic mass is 32.2. The van der Waals surface area contributed by atoms with E-state index in [0.29, 0.717) is 30.8 Å². The molecule has 158 valence electrons. The number of sulfonamides is 1. The van der Waals surface area contributed by atoms with Crippen LogP contribution in [0.3, 0.4) is 0 Å². The summed E-state index contributed by atoms with van der Waals surface area (Å²) >= 11 is 0. The second-order valence-electron chi connectivity index (χ2n) is 7.11. The lowest BCUT2D eigenvalue weighted by atomic mass is 10.1. The maximum absolute atomic E-state index is 12.0. The summed E-state index contributed by atoms with van der Waals surface area (Å²) in [5, 5.41) is 10.8. The summed E-state index contributed by atoms with van der Waals surface area (Å²) in [6.45, 7) is 7.26. The van der Waals surface area contributed by atoms with Crippen molar-refractivity contribution in [2.45, 2.75) is 40.2 Å². The maximum atomic E-state index is 12.0. The number of nitrogens with zero attached hydrogens (tertiary/aromatic N) is 2. The normalized spacial score (nSPS) is 11.4.